The lowest BCUT2D eigenvalue weighted by atomic mass is 10.0. The molecule has 1 rings (SSSR count). The number of halogens is 1. The molecule has 1 aliphatic heterocycles. The van der Waals surface area contributed by atoms with Crippen LogP contribution in [-0.2, 0) is 9.63 Å². The van der Waals surface area contributed by atoms with Crippen LogP contribution in [-0.4, -0.2) is 23.4 Å². The van der Waals surface area contributed by atoms with E-state index in [1.807, 2.05) is 0 Å². The van der Waals surface area contributed by atoms with Crippen LogP contribution in [0.25, 0.3) is 0 Å². The summed E-state index contributed by atoms with van der Waals surface area (Å²) in [6, 6.07) is 0. The van der Waals surface area contributed by atoms with Crippen LogP contribution in [0.1, 0.15) is 19.8 Å². The molecule has 4 nitrogen and oxygen atoms in total. The molecule has 1 N–H and O–H groups in total. The molecule has 0 bridgehead atoms. The normalized spacial score (nSPS) is 22.2. The van der Waals surface area contributed by atoms with E-state index >= 15 is 0 Å². The third-order valence-corrected chi connectivity index (χ3v) is 1.96. The molecule has 0 radical (unpaired) electrons. The molecule has 0 saturated carbocycles. The number of hydrogen-bond donors (Lipinski definition) is 1. The van der Waals surface area contributed by atoms with Crippen molar-refractivity contribution in [2.45, 2.75) is 19.8 Å². The molecule has 0 aromatic heterocycles. The molecule has 1 aliphatic rings. The van der Waals surface area contributed by atoms with Gasteiger partial charge in [-0.25, -0.2) is 9.18 Å². The number of hydrogen-bond acceptors (Lipinski definition) is 4. The smallest absolute Gasteiger partial charge is 0.344 e. The highest BCUT2D eigenvalue weighted by atomic mass is 19.1. The summed E-state index contributed by atoms with van der Waals surface area (Å²) in [4.78, 5) is 15.4. The quantitative estimate of drug-likeness (QED) is 0.694. The van der Waals surface area contributed by atoms with Crippen molar-refractivity contribution in [1.29, 1.82) is 0 Å². The first kappa shape index (κ1) is 10.8. The van der Waals surface area contributed by atoms with E-state index in [0.29, 0.717) is 5.71 Å². The van der Waals surface area contributed by atoms with E-state index in [1.54, 1.807) is 6.92 Å². The lowest BCUT2D eigenvalue weighted by Gasteiger charge is -2.03. The van der Waals surface area contributed by atoms with Crippen LogP contribution in [0.2, 0.25) is 0 Å². The van der Waals surface area contributed by atoms with E-state index in [1.165, 1.54) is 6.08 Å². The Morgan fingerprint density at radius 1 is 1.79 bits per heavy atom. The van der Waals surface area contributed by atoms with Gasteiger partial charge >= 0.3 is 5.97 Å². The standard InChI is InChI=1S/C9H12FNO3/c1-6-8(9(13)14-11-6)5-7(10)3-2-4-12/h3,8,12H,2,4-5H2,1H3/b7-3+. The summed E-state index contributed by atoms with van der Waals surface area (Å²) in [7, 11) is 0. The molecule has 0 saturated heterocycles. The molecule has 0 aliphatic carbocycles. The Hall–Kier alpha value is -1.23. The van der Waals surface area contributed by atoms with Gasteiger partial charge < -0.3 is 9.94 Å². The Morgan fingerprint density at radius 3 is 3.00 bits per heavy atom. The molecule has 0 fully saturated rings. The Morgan fingerprint density at radius 2 is 2.50 bits per heavy atom. The minimum atomic E-state index is -0.607. The summed E-state index contributed by atoms with van der Waals surface area (Å²) in [5.74, 6) is -1.54. The van der Waals surface area contributed by atoms with Crippen molar-refractivity contribution in [1.82, 2.24) is 0 Å². The number of aliphatic hydroxyl groups excluding tert-OH is 1. The van der Waals surface area contributed by atoms with Crippen molar-refractivity contribution in [3.8, 4) is 0 Å². The topological polar surface area (TPSA) is 58.9 Å². The fourth-order valence-electron chi connectivity index (χ4n) is 1.15. The summed E-state index contributed by atoms with van der Waals surface area (Å²) >= 11 is 0. The average molecular weight is 201 g/mol. The van der Waals surface area contributed by atoms with Crippen molar-refractivity contribution in [3.63, 3.8) is 0 Å². The maximum absolute atomic E-state index is 13.1. The molecular formula is C9H12FNO3. The van der Waals surface area contributed by atoms with Gasteiger partial charge in [-0.1, -0.05) is 11.2 Å². The second-order valence-corrected chi connectivity index (χ2v) is 3.06. The molecule has 14 heavy (non-hydrogen) atoms. The second kappa shape index (κ2) is 4.85. The molecule has 5 heteroatoms. The Bertz CT molecular complexity index is 286. The Balaban J connectivity index is 2.51. The molecule has 1 heterocycles. The number of allylic oxidation sites excluding steroid dienone is 1. The van der Waals surface area contributed by atoms with E-state index in [0.717, 1.165) is 0 Å². The highest BCUT2D eigenvalue weighted by Gasteiger charge is 2.30. The van der Waals surface area contributed by atoms with Crippen LogP contribution >= 0.6 is 0 Å². The third kappa shape index (κ3) is 2.63. The first-order valence-corrected chi connectivity index (χ1v) is 4.36. The number of nitrogens with zero attached hydrogens (tertiary/aromatic N) is 1. The molecular weight excluding hydrogens is 189 g/mol. The predicted molar refractivity (Wildman–Crippen MR) is 48.2 cm³/mol. The van der Waals surface area contributed by atoms with Gasteiger partial charge in [0.15, 0.2) is 0 Å². The van der Waals surface area contributed by atoms with Crippen molar-refractivity contribution in [3.05, 3.63) is 11.9 Å². The van der Waals surface area contributed by atoms with Gasteiger partial charge in [-0.2, -0.15) is 0 Å². The molecule has 78 valence electrons. The minimum absolute atomic E-state index is 0.0336. The first-order valence-electron chi connectivity index (χ1n) is 4.36. The van der Waals surface area contributed by atoms with Crippen molar-refractivity contribution >= 4 is 11.7 Å². The van der Waals surface area contributed by atoms with Crippen molar-refractivity contribution in [2.24, 2.45) is 11.1 Å². The van der Waals surface area contributed by atoms with Gasteiger partial charge in [-0.15, -0.1) is 0 Å². The zero-order chi connectivity index (χ0) is 10.6. The highest BCUT2D eigenvalue weighted by molar-refractivity contribution is 6.03. The van der Waals surface area contributed by atoms with Crippen molar-refractivity contribution < 1.29 is 19.1 Å². The Kier molecular flexibility index (Phi) is 3.76. The van der Waals surface area contributed by atoms with Gasteiger partial charge in [0, 0.05) is 13.0 Å². The summed E-state index contributed by atoms with van der Waals surface area (Å²) in [6.45, 7) is 1.52. The number of oxime groups is 1. The summed E-state index contributed by atoms with van der Waals surface area (Å²) in [5, 5.41) is 11.9. The van der Waals surface area contributed by atoms with Crippen LogP contribution < -0.4 is 0 Å². The number of carbonyl (C=O) groups excluding carboxylic acids is 1. The first-order chi connectivity index (χ1) is 6.65. The van der Waals surface area contributed by atoms with Gasteiger partial charge in [0.25, 0.3) is 0 Å². The van der Waals surface area contributed by atoms with E-state index in [4.69, 9.17) is 5.11 Å². The third-order valence-electron chi connectivity index (χ3n) is 1.96. The van der Waals surface area contributed by atoms with Crippen LogP contribution in [0.3, 0.4) is 0 Å². The fourth-order valence-corrected chi connectivity index (χ4v) is 1.15. The van der Waals surface area contributed by atoms with Gasteiger partial charge in [-0.05, 0) is 13.3 Å². The Labute approximate surface area is 81.0 Å². The maximum atomic E-state index is 13.1. The van der Waals surface area contributed by atoms with E-state index in [-0.39, 0.29) is 19.4 Å². The van der Waals surface area contributed by atoms with Gasteiger partial charge in [0.05, 0.1) is 11.5 Å². The van der Waals surface area contributed by atoms with Crippen LogP contribution in [0.4, 0.5) is 4.39 Å². The largest absolute Gasteiger partial charge is 0.396 e. The SMILES string of the molecule is CC1=NOC(=O)C1C/C(F)=C\CCO. The van der Waals surface area contributed by atoms with E-state index in [9.17, 15) is 9.18 Å². The minimum Gasteiger partial charge on any atom is -0.396 e. The fraction of sp³-hybridized carbons (Fsp3) is 0.556. The van der Waals surface area contributed by atoms with Crippen LogP contribution in [0, 0.1) is 5.92 Å². The number of aliphatic hydroxyl groups is 1. The summed E-state index contributed by atoms with van der Waals surface area (Å²) < 4.78 is 13.1. The number of carbonyl (C=O) groups is 1. The summed E-state index contributed by atoms with van der Waals surface area (Å²) in [5.41, 5.74) is 0.488. The molecule has 0 aromatic carbocycles. The van der Waals surface area contributed by atoms with E-state index in [2.05, 4.69) is 9.99 Å². The lowest BCUT2D eigenvalue weighted by Crippen LogP contribution is -2.16. The van der Waals surface area contributed by atoms with Gasteiger partial charge in [-0.3, -0.25) is 0 Å². The second-order valence-electron chi connectivity index (χ2n) is 3.06. The lowest BCUT2D eigenvalue weighted by molar-refractivity contribution is -0.143. The van der Waals surface area contributed by atoms with E-state index < -0.39 is 17.7 Å². The molecule has 0 amide bonds. The monoisotopic (exact) mass is 201 g/mol. The molecule has 1 unspecified atom stereocenters. The highest BCUT2D eigenvalue weighted by Crippen LogP contribution is 2.21. The van der Waals surface area contributed by atoms with Gasteiger partial charge in [0.1, 0.15) is 5.92 Å². The number of rotatable bonds is 4. The molecule has 1 atom stereocenters. The molecule has 0 spiro atoms. The summed E-state index contributed by atoms with van der Waals surface area (Å²) in [6.07, 6.45) is 1.48. The van der Waals surface area contributed by atoms with Crippen molar-refractivity contribution in [2.75, 3.05) is 6.61 Å². The van der Waals surface area contributed by atoms with Crippen LogP contribution in [0.5, 0.6) is 0 Å². The zero-order valence-electron chi connectivity index (χ0n) is 7.86. The van der Waals surface area contributed by atoms with Gasteiger partial charge in [0.2, 0.25) is 0 Å². The zero-order valence-corrected chi connectivity index (χ0v) is 7.86. The van der Waals surface area contributed by atoms with Crippen LogP contribution in [0.15, 0.2) is 17.1 Å². The average Bonchev–Trinajstić information content (AvgIpc) is 2.46. The predicted octanol–water partition coefficient (Wildman–Crippen LogP) is 1.16. The molecule has 0 aromatic rings. The maximum Gasteiger partial charge on any atom is 0.344 e.